The van der Waals surface area contributed by atoms with Crippen LogP contribution in [0, 0.1) is 0 Å². The molecule has 16 heavy (non-hydrogen) atoms. The zero-order chi connectivity index (χ0) is 11.3. The van der Waals surface area contributed by atoms with Gasteiger partial charge in [0.2, 0.25) is 0 Å². The van der Waals surface area contributed by atoms with E-state index in [-0.39, 0.29) is 12.4 Å². The van der Waals surface area contributed by atoms with Gasteiger partial charge in [0.15, 0.2) is 0 Å². The fourth-order valence-electron chi connectivity index (χ4n) is 1.54. The van der Waals surface area contributed by atoms with Crippen molar-refractivity contribution in [2.45, 2.75) is 32.2 Å². The van der Waals surface area contributed by atoms with E-state index in [1.165, 1.54) is 5.56 Å². The van der Waals surface area contributed by atoms with Crippen LogP contribution in [0.25, 0.3) is 0 Å². The second kappa shape index (κ2) is 7.25. The molecule has 4 heteroatoms. The highest BCUT2D eigenvalue weighted by atomic mass is 35.5. The van der Waals surface area contributed by atoms with Crippen molar-refractivity contribution < 1.29 is 9.90 Å². The summed E-state index contributed by atoms with van der Waals surface area (Å²) in [7, 11) is 0. The quantitative estimate of drug-likeness (QED) is 0.832. The van der Waals surface area contributed by atoms with Crippen molar-refractivity contribution in [3.8, 4) is 0 Å². The number of hydrogen-bond donors (Lipinski definition) is 2. The average molecular weight is 244 g/mol. The lowest BCUT2D eigenvalue weighted by Crippen LogP contribution is -2.32. The summed E-state index contributed by atoms with van der Waals surface area (Å²) in [4.78, 5) is 10.6. The summed E-state index contributed by atoms with van der Waals surface area (Å²) in [6.45, 7) is 2.12. The van der Waals surface area contributed by atoms with Gasteiger partial charge in [0.1, 0.15) is 6.04 Å². The number of rotatable bonds is 5. The topological polar surface area (TPSA) is 63.3 Å². The predicted octanol–water partition coefficient (Wildman–Crippen LogP) is 2.02. The van der Waals surface area contributed by atoms with Crippen LogP contribution in [0.4, 0.5) is 0 Å². The molecule has 0 bridgehead atoms. The molecule has 1 atom stereocenters. The van der Waals surface area contributed by atoms with Gasteiger partial charge in [0.25, 0.3) is 0 Å². The van der Waals surface area contributed by atoms with Crippen molar-refractivity contribution in [2.75, 3.05) is 0 Å². The maximum Gasteiger partial charge on any atom is 0.320 e. The molecule has 0 aliphatic rings. The number of carbonyl (C=O) groups is 1. The van der Waals surface area contributed by atoms with Crippen LogP contribution in [-0.2, 0) is 17.6 Å². The standard InChI is InChI=1S/C12H17NO2.ClH/c1-2-4-9-5-3-6-10(7-9)8-11(13)12(14)15;/h3,5-7,11H,2,4,8,13H2,1H3,(H,14,15);1H. The first kappa shape index (κ1) is 14.9. The number of aliphatic carboxylic acids is 1. The van der Waals surface area contributed by atoms with Crippen molar-refractivity contribution in [1.29, 1.82) is 0 Å². The van der Waals surface area contributed by atoms with E-state index in [2.05, 4.69) is 13.0 Å². The minimum Gasteiger partial charge on any atom is -0.480 e. The van der Waals surface area contributed by atoms with Gasteiger partial charge in [-0.2, -0.15) is 0 Å². The van der Waals surface area contributed by atoms with E-state index >= 15 is 0 Å². The summed E-state index contributed by atoms with van der Waals surface area (Å²) in [5, 5.41) is 8.69. The molecule has 3 N–H and O–H groups in total. The van der Waals surface area contributed by atoms with Crippen LogP contribution < -0.4 is 5.73 Å². The van der Waals surface area contributed by atoms with Crippen molar-refractivity contribution >= 4 is 18.4 Å². The van der Waals surface area contributed by atoms with Gasteiger partial charge in [-0.3, -0.25) is 4.79 Å². The number of aryl methyl sites for hydroxylation is 1. The van der Waals surface area contributed by atoms with Gasteiger partial charge in [0.05, 0.1) is 0 Å². The molecule has 0 fully saturated rings. The number of halogens is 1. The molecular formula is C12H18ClNO2. The predicted molar refractivity (Wildman–Crippen MR) is 67.0 cm³/mol. The van der Waals surface area contributed by atoms with Crippen LogP contribution in [0.3, 0.4) is 0 Å². The molecule has 0 spiro atoms. The van der Waals surface area contributed by atoms with Gasteiger partial charge >= 0.3 is 5.97 Å². The summed E-state index contributed by atoms with van der Waals surface area (Å²) in [5.74, 6) is -0.948. The molecule has 0 amide bonds. The number of hydrogen-bond acceptors (Lipinski definition) is 2. The Bertz CT molecular complexity index is 342. The Kier molecular flexibility index (Phi) is 6.77. The van der Waals surface area contributed by atoms with Crippen molar-refractivity contribution in [2.24, 2.45) is 5.73 Å². The van der Waals surface area contributed by atoms with Crippen LogP contribution in [0.15, 0.2) is 24.3 Å². The third-order valence-corrected chi connectivity index (χ3v) is 2.30. The summed E-state index contributed by atoms with van der Waals surface area (Å²) < 4.78 is 0. The lowest BCUT2D eigenvalue weighted by Gasteiger charge is -2.07. The number of nitrogens with two attached hydrogens (primary N) is 1. The number of benzene rings is 1. The smallest absolute Gasteiger partial charge is 0.320 e. The third kappa shape index (κ3) is 4.64. The van der Waals surface area contributed by atoms with Crippen molar-refractivity contribution in [3.05, 3.63) is 35.4 Å². The Morgan fingerprint density at radius 3 is 2.62 bits per heavy atom. The second-order valence-corrected chi connectivity index (χ2v) is 3.72. The summed E-state index contributed by atoms with van der Waals surface area (Å²) in [6.07, 6.45) is 2.51. The Morgan fingerprint density at radius 1 is 1.44 bits per heavy atom. The van der Waals surface area contributed by atoms with Gasteiger partial charge in [0, 0.05) is 0 Å². The van der Waals surface area contributed by atoms with Gasteiger partial charge < -0.3 is 10.8 Å². The molecule has 0 aliphatic heterocycles. The molecule has 0 heterocycles. The SMILES string of the molecule is CCCc1cccc(CC(N)C(=O)O)c1.Cl. The highest BCUT2D eigenvalue weighted by Gasteiger charge is 2.11. The van der Waals surface area contributed by atoms with Gasteiger partial charge in [-0.1, -0.05) is 37.6 Å². The van der Waals surface area contributed by atoms with E-state index < -0.39 is 12.0 Å². The van der Waals surface area contributed by atoms with E-state index in [1.807, 2.05) is 18.2 Å². The summed E-state index contributed by atoms with van der Waals surface area (Å²) in [5.41, 5.74) is 7.71. The maximum atomic E-state index is 10.6. The lowest BCUT2D eigenvalue weighted by atomic mass is 10.0. The van der Waals surface area contributed by atoms with Crippen LogP contribution in [0.5, 0.6) is 0 Å². The molecule has 1 aromatic carbocycles. The molecule has 90 valence electrons. The molecular weight excluding hydrogens is 226 g/mol. The largest absolute Gasteiger partial charge is 0.480 e. The Labute approximate surface area is 102 Å². The zero-order valence-corrected chi connectivity index (χ0v) is 10.2. The first-order chi connectivity index (χ1) is 7.13. The van der Waals surface area contributed by atoms with E-state index in [4.69, 9.17) is 10.8 Å². The number of carboxylic acid groups (broad SMARTS) is 1. The van der Waals surface area contributed by atoms with E-state index in [0.29, 0.717) is 6.42 Å². The minimum atomic E-state index is -0.948. The fourth-order valence-corrected chi connectivity index (χ4v) is 1.54. The minimum absolute atomic E-state index is 0. The normalized spacial score (nSPS) is 11.6. The molecule has 1 rings (SSSR count). The summed E-state index contributed by atoms with van der Waals surface area (Å²) in [6, 6.07) is 7.16. The second-order valence-electron chi connectivity index (χ2n) is 3.72. The van der Waals surface area contributed by atoms with Crippen LogP contribution in [0.1, 0.15) is 24.5 Å². The molecule has 0 saturated carbocycles. The van der Waals surface area contributed by atoms with Gasteiger partial charge in [-0.15, -0.1) is 12.4 Å². The van der Waals surface area contributed by atoms with Crippen LogP contribution in [-0.4, -0.2) is 17.1 Å². The van der Waals surface area contributed by atoms with Gasteiger partial charge in [-0.25, -0.2) is 0 Å². The first-order valence-electron chi connectivity index (χ1n) is 5.19. The lowest BCUT2D eigenvalue weighted by molar-refractivity contribution is -0.138. The van der Waals surface area contributed by atoms with Crippen molar-refractivity contribution in [1.82, 2.24) is 0 Å². The van der Waals surface area contributed by atoms with E-state index in [1.54, 1.807) is 0 Å². The monoisotopic (exact) mass is 243 g/mol. The highest BCUT2D eigenvalue weighted by molar-refractivity contribution is 5.85. The molecule has 0 saturated heterocycles. The third-order valence-electron chi connectivity index (χ3n) is 2.30. The zero-order valence-electron chi connectivity index (χ0n) is 9.35. The molecule has 0 radical (unpaired) electrons. The average Bonchev–Trinajstić information content (AvgIpc) is 2.18. The summed E-state index contributed by atoms with van der Waals surface area (Å²) >= 11 is 0. The molecule has 0 aliphatic carbocycles. The van der Waals surface area contributed by atoms with Crippen molar-refractivity contribution in [3.63, 3.8) is 0 Å². The molecule has 1 aromatic rings. The van der Waals surface area contributed by atoms with Crippen LogP contribution >= 0.6 is 12.4 Å². The highest BCUT2D eigenvalue weighted by Crippen LogP contribution is 2.09. The van der Waals surface area contributed by atoms with Crippen LogP contribution in [0.2, 0.25) is 0 Å². The first-order valence-corrected chi connectivity index (χ1v) is 5.19. The molecule has 0 aromatic heterocycles. The van der Waals surface area contributed by atoms with Gasteiger partial charge in [-0.05, 0) is 24.0 Å². The van der Waals surface area contributed by atoms with E-state index in [0.717, 1.165) is 18.4 Å². The Hall–Kier alpha value is -1.06. The van der Waals surface area contributed by atoms with E-state index in [9.17, 15) is 4.79 Å². The fraction of sp³-hybridized carbons (Fsp3) is 0.417. The Morgan fingerprint density at radius 2 is 2.06 bits per heavy atom. The number of carboxylic acids is 1. The Balaban J connectivity index is 0.00000225. The molecule has 3 nitrogen and oxygen atoms in total. The maximum absolute atomic E-state index is 10.6. The molecule has 1 unspecified atom stereocenters.